The van der Waals surface area contributed by atoms with Crippen LogP contribution >= 0.6 is 11.3 Å². The smallest absolute Gasteiger partial charge is 0.255 e. The van der Waals surface area contributed by atoms with Gasteiger partial charge in [0.25, 0.3) is 5.91 Å². The number of fused-ring (bicyclic) bond motifs is 2. The fourth-order valence-corrected chi connectivity index (χ4v) is 5.03. The van der Waals surface area contributed by atoms with E-state index in [9.17, 15) is 4.79 Å². The van der Waals surface area contributed by atoms with E-state index in [4.69, 9.17) is 9.97 Å². The first-order valence-corrected chi connectivity index (χ1v) is 11.3. The van der Waals surface area contributed by atoms with Crippen molar-refractivity contribution in [2.45, 2.75) is 19.9 Å². The average molecular weight is 442 g/mol. The van der Waals surface area contributed by atoms with E-state index in [0.29, 0.717) is 11.2 Å². The number of nitrogens with zero attached hydrogens (tertiary/aromatic N) is 5. The van der Waals surface area contributed by atoms with Gasteiger partial charge in [0.05, 0.1) is 38.6 Å². The molecular formula is C25H23N5OS. The van der Waals surface area contributed by atoms with Gasteiger partial charge in [-0.15, -0.1) is 11.3 Å². The molecule has 1 unspecified atom stereocenters. The van der Waals surface area contributed by atoms with E-state index in [-0.39, 0.29) is 11.9 Å². The van der Waals surface area contributed by atoms with Crippen LogP contribution in [-0.4, -0.2) is 37.6 Å². The first-order chi connectivity index (χ1) is 15.4. The molecule has 160 valence electrons. The lowest BCUT2D eigenvalue weighted by molar-refractivity contribution is 0.0744. The number of rotatable bonds is 4. The van der Waals surface area contributed by atoms with Gasteiger partial charge < -0.3 is 4.90 Å². The quantitative estimate of drug-likeness (QED) is 0.375. The Labute approximate surface area is 190 Å². The molecule has 3 heterocycles. The van der Waals surface area contributed by atoms with Crippen LogP contribution in [0.2, 0.25) is 0 Å². The molecule has 0 radical (unpaired) electrons. The normalized spacial score (nSPS) is 12.4. The third kappa shape index (κ3) is 3.35. The second-order valence-corrected chi connectivity index (χ2v) is 9.00. The van der Waals surface area contributed by atoms with Crippen LogP contribution in [0.25, 0.3) is 32.5 Å². The van der Waals surface area contributed by atoms with Crippen LogP contribution in [0.1, 0.15) is 34.0 Å². The second-order valence-electron chi connectivity index (χ2n) is 7.94. The predicted octanol–water partition coefficient (Wildman–Crippen LogP) is 5.39. The molecule has 5 rings (SSSR count). The maximum Gasteiger partial charge on any atom is 0.255 e. The highest BCUT2D eigenvalue weighted by molar-refractivity contribution is 7.18. The number of amides is 1. The zero-order valence-corrected chi connectivity index (χ0v) is 19.2. The number of hydrogen-bond donors (Lipinski definition) is 0. The summed E-state index contributed by atoms with van der Waals surface area (Å²) >= 11 is 1.62. The largest absolute Gasteiger partial charge is 0.332 e. The highest BCUT2D eigenvalue weighted by Gasteiger charge is 2.26. The van der Waals surface area contributed by atoms with Gasteiger partial charge in [-0.3, -0.25) is 9.48 Å². The standard InChI is InChI=1S/C25H23N5OS/c1-15-22-18(14-20(17-10-6-5-7-11-17)26-23(22)30(4)28-15)25(31)29(3)16(2)24-27-19-12-8-9-13-21(19)32-24/h5-14,16H,1-4H3. The Morgan fingerprint density at radius 1 is 1.06 bits per heavy atom. The summed E-state index contributed by atoms with van der Waals surface area (Å²) in [4.78, 5) is 25.1. The van der Waals surface area contributed by atoms with E-state index in [1.54, 1.807) is 20.9 Å². The third-order valence-corrected chi connectivity index (χ3v) is 7.04. The Bertz CT molecular complexity index is 1420. The van der Waals surface area contributed by atoms with Gasteiger partial charge in [0.2, 0.25) is 0 Å². The molecule has 0 saturated carbocycles. The van der Waals surface area contributed by atoms with E-state index in [1.807, 2.05) is 82.5 Å². The Balaban J connectivity index is 1.60. The summed E-state index contributed by atoms with van der Waals surface area (Å²) in [5, 5.41) is 6.24. The topological polar surface area (TPSA) is 63.9 Å². The fraction of sp³-hybridized carbons (Fsp3) is 0.200. The summed E-state index contributed by atoms with van der Waals surface area (Å²) in [6, 6.07) is 19.7. The number of pyridine rings is 1. The van der Waals surface area contributed by atoms with Gasteiger partial charge in [-0.1, -0.05) is 42.5 Å². The van der Waals surface area contributed by atoms with Crippen molar-refractivity contribution in [2.75, 3.05) is 7.05 Å². The number of hydrogen-bond acceptors (Lipinski definition) is 5. The Morgan fingerprint density at radius 3 is 2.53 bits per heavy atom. The summed E-state index contributed by atoms with van der Waals surface area (Å²) in [6.45, 7) is 3.93. The average Bonchev–Trinajstić information content (AvgIpc) is 3.38. The molecule has 32 heavy (non-hydrogen) atoms. The molecule has 0 aliphatic carbocycles. The molecule has 0 fully saturated rings. The lowest BCUT2D eigenvalue weighted by atomic mass is 10.0. The number of aryl methyl sites for hydroxylation is 2. The molecule has 0 spiro atoms. The second kappa shape index (κ2) is 7.84. The Hall–Kier alpha value is -3.58. The minimum Gasteiger partial charge on any atom is -0.332 e. The van der Waals surface area contributed by atoms with E-state index in [1.165, 1.54) is 0 Å². The summed E-state index contributed by atoms with van der Waals surface area (Å²) in [5.41, 5.74) is 4.78. The molecule has 7 heteroatoms. The molecule has 1 amide bonds. The maximum absolute atomic E-state index is 13.8. The first-order valence-electron chi connectivity index (χ1n) is 10.5. The lowest BCUT2D eigenvalue weighted by Crippen LogP contribution is -2.30. The van der Waals surface area contributed by atoms with E-state index >= 15 is 0 Å². The van der Waals surface area contributed by atoms with Gasteiger partial charge in [-0.2, -0.15) is 5.10 Å². The minimum absolute atomic E-state index is 0.0718. The van der Waals surface area contributed by atoms with Crippen molar-refractivity contribution >= 4 is 38.5 Å². The van der Waals surface area contributed by atoms with Gasteiger partial charge in [0, 0.05) is 19.7 Å². The highest BCUT2D eigenvalue weighted by Crippen LogP contribution is 2.32. The monoisotopic (exact) mass is 441 g/mol. The van der Waals surface area contributed by atoms with Gasteiger partial charge in [-0.05, 0) is 32.0 Å². The van der Waals surface area contributed by atoms with Gasteiger partial charge in [0.1, 0.15) is 5.01 Å². The van der Waals surface area contributed by atoms with E-state index in [0.717, 1.165) is 37.6 Å². The molecule has 6 nitrogen and oxygen atoms in total. The van der Waals surface area contributed by atoms with Gasteiger partial charge in [0.15, 0.2) is 5.65 Å². The first kappa shape index (κ1) is 20.3. The Morgan fingerprint density at radius 2 is 1.78 bits per heavy atom. The van der Waals surface area contributed by atoms with Crippen molar-refractivity contribution in [1.29, 1.82) is 0 Å². The van der Waals surface area contributed by atoms with Crippen LogP contribution in [0, 0.1) is 6.92 Å². The molecule has 3 aromatic heterocycles. The van der Waals surface area contributed by atoms with Crippen molar-refractivity contribution in [2.24, 2.45) is 7.05 Å². The van der Waals surface area contributed by atoms with Crippen LogP contribution in [0.5, 0.6) is 0 Å². The molecule has 0 saturated heterocycles. The van der Waals surface area contributed by atoms with E-state index < -0.39 is 0 Å². The number of carbonyl (C=O) groups excluding carboxylic acids is 1. The van der Waals surface area contributed by atoms with Crippen LogP contribution < -0.4 is 0 Å². The minimum atomic E-state index is -0.166. The molecule has 0 aliphatic rings. The highest BCUT2D eigenvalue weighted by atomic mass is 32.1. The number of aromatic nitrogens is 4. The van der Waals surface area contributed by atoms with Crippen molar-refractivity contribution in [3.63, 3.8) is 0 Å². The zero-order valence-electron chi connectivity index (χ0n) is 18.4. The Kier molecular flexibility index (Phi) is 4.98. The van der Waals surface area contributed by atoms with E-state index in [2.05, 4.69) is 11.2 Å². The molecule has 5 aromatic rings. The summed E-state index contributed by atoms with van der Waals surface area (Å²) < 4.78 is 2.86. The van der Waals surface area contributed by atoms with Gasteiger partial charge >= 0.3 is 0 Å². The summed E-state index contributed by atoms with van der Waals surface area (Å²) in [5.74, 6) is -0.0718. The number of para-hydroxylation sites is 1. The summed E-state index contributed by atoms with van der Waals surface area (Å²) in [7, 11) is 3.69. The van der Waals surface area contributed by atoms with Crippen molar-refractivity contribution < 1.29 is 4.79 Å². The maximum atomic E-state index is 13.8. The van der Waals surface area contributed by atoms with Crippen LogP contribution in [0.15, 0.2) is 60.7 Å². The zero-order chi connectivity index (χ0) is 22.4. The van der Waals surface area contributed by atoms with Crippen LogP contribution in [0.4, 0.5) is 0 Å². The number of benzene rings is 2. The molecule has 1 atom stereocenters. The fourth-order valence-electron chi connectivity index (χ4n) is 3.97. The van der Waals surface area contributed by atoms with Crippen molar-refractivity contribution in [3.05, 3.63) is 76.9 Å². The SMILES string of the molecule is Cc1nn(C)c2nc(-c3ccccc3)cc(C(=O)N(C)C(C)c3nc4ccccc4s3)c12. The van der Waals surface area contributed by atoms with Gasteiger partial charge in [-0.25, -0.2) is 9.97 Å². The molecule has 0 N–H and O–H groups in total. The van der Waals surface area contributed by atoms with Crippen LogP contribution in [-0.2, 0) is 7.05 Å². The molecule has 2 aromatic carbocycles. The van der Waals surface area contributed by atoms with Crippen LogP contribution in [0.3, 0.4) is 0 Å². The molecule has 0 aliphatic heterocycles. The van der Waals surface area contributed by atoms with Crippen molar-refractivity contribution in [3.8, 4) is 11.3 Å². The molecular weight excluding hydrogens is 418 g/mol. The number of carbonyl (C=O) groups is 1. The van der Waals surface area contributed by atoms with Crippen molar-refractivity contribution in [1.82, 2.24) is 24.6 Å². The number of thiazole rings is 1. The molecule has 0 bridgehead atoms. The third-order valence-electron chi connectivity index (χ3n) is 5.84. The predicted molar refractivity (Wildman–Crippen MR) is 129 cm³/mol. The lowest BCUT2D eigenvalue weighted by Gasteiger charge is -2.24. The summed E-state index contributed by atoms with van der Waals surface area (Å²) in [6.07, 6.45) is 0.